The van der Waals surface area contributed by atoms with E-state index < -0.39 is 0 Å². The Morgan fingerprint density at radius 1 is 1.18 bits per heavy atom. The Kier molecular flexibility index (Phi) is 5.25. The molecule has 0 N–H and O–H groups in total. The van der Waals surface area contributed by atoms with Gasteiger partial charge in [-0.25, -0.2) is 0 Å². The zero-order chi connectivity index (χ0) is 16.4. The summed E-state index contributed by atoms with van der Waals surface area (Å²) in [7, 11) is 0. The second-order valence-corrected chi connectivity index (χ2v) is 8.42. The van der Waals surface area contributed by atoms with Crippen molar-refractivity contribution in [3.05, 3.63) is 29.3 Å². The van der Waals surface area contributed by atoms with Gasteiger partial charge in [0, 0.05) is 0 Å². The molecule has 124 valence electrons. The molecule has 0 aliphatic carbocycles. The van der Waals surface area contributed by atoms with E-state index in [1.54, 1.807) is 0 Å². The topological polar surface area (TPSA) is 9.23 Å². The second kappa shape index (κ2) is 6.64. The lowest BCUT2D eigenvalue weighted by atomic mass is 9.74. The van der Waals surface area contributed by atoms with Crippen LogP contribution in [0, 0.1) is 0 Å². The Balaban J connectivity index is 2.18. The van der Waals surface area contributed by atoms with E-state index in [9.17, 15) is 0 Å². The maximum Gasteiger partial charge on any atom is 0.123 e. The van der Waals surface area contributed by atoms with Crippen molar-refractivity contribution in [3.63, 3.8) is 0 Å². The fraction of sp³-hybridized carbons (Fsp3) is 0.714. The first kappa shape index (κ1) is 17.4. The number of unbranched alkanes of at least 4 members (excludes halogenated alkanes) is 3. The van der Waals surface area contributed by atoms with Crippen molar-refractivity contribution in [1.29, 1.82) is 0 Å². The summed E-state index contributed by atoms with van der Waals surface area (Å²) in [5, 5.41) is 0. The van der Waals surface area contributed by atoms with Crippen LogP contribution >= 0.6 is 0 Å². The molecule has 0 saturated carbocycles. The lowest BCUT2D eigenvalue weighted by Crippen LogP contribution is -2.32. The SMILES string of the molecule is CCCCCCC(C)(C)c1ccc2c(c1)OC(C)CC2(C)C. The van der Waals surface area contributed by atoms with Crippen LogP contribution in [-0.2, 0) is 10.8 Å². The third-order valence-electron chi connectivity index (χ3n) is 5.27. The molecule has 2 rings (SSSR count). The first-order chi connectivity index (χ1) is 10.3. The van der Waals surface area contributed by atoms with Crippen molar-refractivity contribution in [2.24, 2.45) is 0 Å². The number of benzene rings is 1. The molecule has 0 radical (unpaired) electrons. The third kappa shape index (κ3) is 3.86. The van der Waals surface area contributed by atoms with Crippen molar-refractivity contribution in [1.82, 2.24) is 0 Å². The predicted octanol–water partition coefficient (Wildman–Crippen LogP) is 6.38. The van der Waals surface area contributed by atoms with E-state index >= 15 is 0 Å². The molecular formula is C21H34O. The summed E-state index contributed by atoms with van der Waals surface area (Å²) in [5.74, 6) is 1.11. The standard InChI is InChI=1S/C21H34O/c1-7-8-9-10-13-20(3,4)17-11-12-18-19(14-17)22-16(2)15-21(18,5)6/h11-12,14,16H,7-10,13,15H2,1-6H3. The normalized spacial score (nSPS) is 20.4. The largest absolute Gasteiger partial charge is 0.490 e. The van der Waals surface area contributed by atoms with Crippen LogP contribution in [0.2, 0.25) is 0 Å². The molecule has 1 heteroatoms. The van der Waals surface area contributed by atoms with Crippen molar-refractivity contribution < 1.29 is 4.74 Å². The van der Waals surface area contributed by atoms with Gasteiger partial charge in [-0.15, -0.1) is 0 Å². The minimum absolute atomic E-state index is 0.219. The van der Waals surface area contributed by atoms with Crippen LogP contribution in [0.1, 0.15) is 91.2 Å². The Morgan fingerprint density at radius 2 is 1.91 bits per heavy atom. The van der Waals surface area contributed by atoms with Crippen molar-refractivity contribution >= 4 is 0 Å². The van der Waals surface area contributed by atoms with Gasteiger partial charge in [0.2, 0.25) is 0 Å². The van der Waals surface area contributed by atoms with Gasteiger partial charge in [0.25, 0.3) is 0 Å². The molecule has 1 aliphatic heterocycles. The number of fused-ring (bicyclic) bond motifs is 1. The van der Waals surface area contributed by atoms with E-state index in [0.29, 0.717) is 6.10 Å². The molecule has 0 fully saturated rings. The van der Waals surface area contributed by atoms with Crippen LogP contribution in [0.15, 0.2) is 18.2 Å². The highest BCUT2D eigenvalue weighted by Crippen LogP contribution is 2.43. The van der Waals surface area contributed by atoms with Crippen LogP contribution < -0.4 is 4.74 Å². The van der Waals surface area contributed by atoms with Crippen LogP contribution in [0.25, 0.3) is 0 Å². The minimum atomic E-state index is 0.219. The van der Waals surface area contributed by atoms with Gasteiger partial charge in [0.05, 0.1) is 6.10 Å². The Hall–Kier alpha value is -0.980. The molecule has 1 aliphatic rings. The molecule has 0 saturated heterocycles. The fourth-order valence-corrected chi connectivity index (χ4v) is 3.82. The summed E-state index contributed by atoms with van der Waals surface area (Å²) < 4.78 is 6.15. The van der Waals surface area contributed by atoms with E-state index in [0.717, 1.165) is 12.2 Å². The van der Waals surface area contributed by atoms with Gasteiger partial charge in [-0.05, 0) is 47.8 Å². The highest BCUT2D eigenvalue weighted by Gasteiger charge is 2.33. The number of ether oxygens (including phenoxy) is 1. The van der Waals surface area contributed by atoms with E-state index in [4.69, 9.17) is 4.74 Å². The van der Waals surface area contributed by atoms with E-state index in [2.05, 4.69) is 59.7 Å². The molecule has 0 aromatic heterocycles. The lowest BCUT2D eigenvalue weighted by molar-refractivity contribution is 0.150. The smallest absolute Gasteiger partial charge is 0.123 e. The van der Waals surface area contributed by atoms with Crippen molar-refractivity contribution in [3.8, 4) is 5.75 Å². The highest BCUT2D eigenvalue weighted by atomic mass is 16.5. The van der Waals surface area contributed by atoms with Gasteiger partial charge >= 0.3 is 0 Å². The van der Waals surface area contributed by atoms with Gasteiger partial charge in [-0.2, -0.15) is 0 Å². The molecule has 1 unspecified atom stereocenters. The average Bonchev–Trinajstić information content (AvgIpc) is 2.42. The molecular weight excluding hydrogens is 268 g/mol. The van der Waals surface area contributed by atoms with Gasteiger partial charge in [0.1, 0.15) is 5.75 Å². The van der Waals surface area contributed by atoms with E-state index in [1.165, 1.54) is 43.2 Å². The Bertz CT molecular complexity index is 499. The van der Waals surface area contributed by atoms with Crippen molar-refractivity contribution in [2.75, 3.05) is 0 Å². The summed E-state index contributed by atoms with van der Waals surface area (Å²) in [4.78, 5) is 0. The Morgan fingerprint density at radius 3 is 2.59 bits per heavy atom. The molecule has 22 heavy (non-hydrogen) atoms. The van der Waals surface area contributed by atoms with Crippen LogP contribution in [0.3, 0.4) is 0 Å². The molecule has 1 heterocycles. The fourth-order valence-electron chi connectivity index (χ4n) is 3.82. The van der Waals surface area contributed by atoms with Gasteiger partial charge < -0.3 is 4.74 Å². The molecule has 0 amide bonds. The summed E-state index contributed by atoms with van der Waals surface area (Å²) in [5.41, 5.74) is 3.25. The van der Waals surface area contributed by atoms with E-state index in [1.807, 2.05) is 0 Å². The third-order valence-corrected chi connectivity index (χ3v) is 5.27. The number of hydrogen-bond acceptors (Lipinski definition) is 1. The first-order valence-corrected chi connectivity index (χ1v) is 9.08. The Labute approximate surface area is 137 Å². The summed E-state index contributed by atoms with van der Waals surface area (Å²) in [6.07, 6.45) is 8.00. The molecule has 0 bridgehead atoms. The lowest BCUT2D eigenvalue weighted by Gasteiger charge is -2.37. The van der Waals surface area contributed by atoms with Crippen LogP contribution in [-0.4, -0.2) is 6.10 Å². The van der Waals surface area contributed by atoms with Gasteiger partial charge in [-0.1, -0.05) is 72.4 Å². The number of rotatable bonds is 6. The second-order valence-electron chi connectivity index (χ2n) is 8.42. The number of hydrogen-bond donors (Lipinski definition) is 0. The summed E-state index contributed by atoms with van der Waals surface area (Å²) >= 11 is 0. The van der Waals surface area contributed by atoms with Crippen molar-refractivity contribution in [2.45, 2.75) is 97.0 Å². The average molecular weight is 303 g/mol. The summed E-state index contributed by atoms with van der Waals surface area (Å²) in [6.45, 7) is 13.9. The molecule has 1 aromatic carbocycles. The maximum atomic E-state index is 6.15. The van der Waals surface area contributed by atoms with Crippen LogP contribution in [0.5, 0.6) is 5.75 Å². The van der Waals surface area contributed by atoms with Gasteiger partial charge in [0.15, 0.2) is 0 Å². The minimum Gasteiger partial charge on any atom is -0.490 e. The zero-order valence-corrected chi connectivity index (χ0v) is 15.5. The molecule has 0 spiro atoms. The highest BCUT2D eigenvalue weighted by molar-refractivity contribution is 5.45. The molecule has 1 aromatic rings. The van der Waals surface area contributed by atoms with E-state index in [-0.39, 0.29) is 10.8 Å². The molecule has 1 atom stereocenters. The van der Waals surface area contributed by atoms with Gasteiger partial charge in [-0.3, -0.25) is 0 Å². The quantitative estimate of drug-likeness (QED) is 0.554. The molecule has 1 nitrogen and oxygen atoms in total. The maximum absolute atomic E-state index is 6.15. The summed E-state index contributed by atoms with van der Waals surface area (Å²) in [6, 6.07) is 6.96. The monoisotopic (exact) mass is 302 g/mol. The van der Waals surface area contributed by atoms with Crippen LogP contribution in [0.4, 0.5) is 0 Å². The predicted molar refractivity (Wildman–Crippen MR) is 96.0 cm³/mol. The first-order valence-electron chi connectivity index (χ1n) is 9.08. The zero-order valence-electron chi connectivity index (χ0n) is 15.5.